The number of nitrogens with zero attached hydrogens (tertiary/aromatic N) is 1. The number of ether oxygens (including phenoxy) is 14. The monoisotopic (exact) mass is 1230 g/mol. The molecule has 0 aromatic heterocycles. The standard InChI is InChI=1S/C48H84NO35/c1-4-5-6-49(2,3)70-13-20-41-27(62)34(69)48(77-20)83-40-19(12-55)75-46(32(67)25(40)60)81-38-17(10-53)73-44(30(65)23(38)58)79-36-15(8-51)71-42(28(63)21(36)56)78-35-14(7-50)72-43(29(64)22(35)57)80-37-16(9-52)74-45(31(66)24(37)59)82-39-18(11-54)76-47(84-41)33(68)26(39)61/h14-48,50-69H,4-13H2,1-3H3/q+1/t14-,15+,16-,17+,18-,19+,20-,21+,22+,23-,24+,25+,26+,27+,28+,29+,30-,31+,32-,33+,34+,35+,36+,37+,38+,39+,40+,41+,42+,43+,44+,45+,46+,47+,48+/m0/s1. The van der Waals surface area contributed by atoms with Crippen LogP contribution in [0, 0.1) is 0 Å². The molecule has 84 heavy (non-hydrogen) atoms. The van der Waals surface area contributed by atoms with Crippen LogP contribution in [0.1, 0.15) is 19.8 Å². The van der Waals surface area contributed by atoms with E-state index in [9.17, 15) is 102 Å². The van der Waals surface area contributed by atoms with Gasteiger partial charge in [-0.1, -0.05) is 13.3 Å². The summed E-state index contributed by atoms with van der Waals surface area (Å²) in [5, 5.41) is 223. The summed E-state index contributed by atoms with van der Waals surface area (Å²) in [4.78, 5) is 6.14. The first-order valence-electron chi connectivity index (χ1n) is 27.7. The lowest BCUT2D eigenvalue weighted by molar-refractivity contribution is -1.08. The summed E-state index contributed by atoms with van der Waals surface area (Å²) in [5.41, 5.74) is 0. The Kier molecular flexibility index (Phi) is 23.8. The molecule has 0 radical (unpaired) electrons. The number of hydroxylamine groups is 3. The molecule has 0 aromatic carbocycles. The normalized spacial score (nSPS) is 52.0. The van der Waals surface area contributed by atoms with E-state index in [0.29, 0.717) is 13.0 Å². The molecule has 14 bridgehead atoms. The quantitative estimate of drug-likeness (QED) is 0.0637. The lowest BCUT2D eigenvalue weighted by atomic mass is 9.95. The van der Waals surface area contributed by atoms with Crippen LogP contribution < -0.4 is 0 Å². The van der Waals surface area contributed by atoms with Crippen LogP contribution in [0.4, 0.5) is 0 Å². The molecule has 21 fully saturated rings. The highest BCUT2D eigenvalue weighted by atomic mass is 16.8. The van der Waals surface area contributed by atoms with Crippen molar-refractivity contribution in [3.05, 3.63) is 0 Å². The maximum atomic E-state index is 11.8. The van der Waals surface area contributed by atoms with Gasteiger partial charge < -0.3 is 168 Å². The second kappa shape index (κ2) is 29.2. The van der Waals surface area contributed by atoms with E-state index in [1.54, 1.807) is 14.1 Å². The zero-order valence-electron chi connectivity index (χ0n) is 45.8. The molecule has 36 heteroatoms. The van der Waals surface area contributed by atoms with Crippen molar-refractivity contribution in [2.24, 2.45) is 0 Å². The number of hydrogen-bond acceptors (Lipinski definition) is 35. The van der Waals surface area contributed by atoms with E-state index < -0.39 is 261 Å². The Morgan fingerprint density at radius 3 is 0.631 bits per heavy atom. The average Bonchev–Trinajstić information content (AvgIpc) is 1.82. The van der Waals surface area contributed by atoms with Crippen LogP contribution in [0.5, 0.6) is 0 Å². The largest absolute Gasteiger partial charge is 0.394 e. The third-order valence-corrected chi connectivity index (χ3v) is 16.2. The number of aliphatic hydroxyl groups is 20. The Hall–Kier alpha value is -1.44. The summed E-state index contributed by atoms with van der Waals surface area (Å²) in [7, 11) is 3.37. The van der Waals surface area contributed by atoms with Gasteiger partial charge in [-0.25, -0.2) is 4.84 Å². The van der Waals surface area contributed by atoms with Crippen LogP contribution in [-0.4, -0.2) is 389 Å². The summed E-state index contributed by atoms with van der Waals surface area (Å²) in [6.45, 7) is -4.33. The van der Waals surface area contributed by atoms with Crippen LogP contribution in [0.3, 0.4) is 0 Å². The minimum atomic E-state index is -2.21. The van der Waals surface area contributed by atoms with Gasteiger partial charge in [-0.2, -0.15) is 4.65 Å². The molecule has 20 N–H and O–H groups in total. The fourth-order valence-corrected chi connectivity index (χ4v) is 11.3. The smallest absolute Gasteiger partial charge is 0.187 e. The van der Waals surface area contributed by atoms with E-state index in [1.165, 1.54) is 0 Å². The van der Waals surface area contributed by atoms with Crippen molar-refractivity contribution in [1.29, 1.82) is 0 Å². The summed E-state index contributed by atoms with van der Waals surface area (Å²) in [6.07, 6.45) is -68.1. The molecular weight excluding hydrogens is 1150 g/mol. The van der Waals surface area contributed by atoms with Crippen LogP contribution in [-0.2, 0) is 71.2 Å². The summed E-state index contributed by atoms with van der Waals surface area (Å²) >= 11 is 0. The summed E-state index contributed by atoms with van der Waals surface area (Å²) in [6, 6.07) is 0. The molecule has 21 aliphatic rings. The Labute approximate surface area is 478 Å². The minimum absolute atomic E-state index is 0.115. The Bertz CT molecular complexity index is 2000. The van der Waals surface area contributed by atoms with Crippen LogP contribution in [0.2, 0.25) is 0 Å². The molecule has 0 spiro atoms. The summed E-state index contributed by atoms with van der Waals surface area (Å²) in [5.74, 6) is 0. The molecule has 36 nitrogen and oxygen atoms in total. The molecule has 0 amide bonds. The van der Waals surface area contributed by atoms with Crippen molar-refractivity contribution in [3.8, 4) is 0 Å². The first-order valence-corrected chi connectivity index (χ1v) is 27.7. The Morgan fingerprint density at radius 2 is 0.452 bits per heavy atom. The molecule has 21 heterocycles. The lowest BCUT2D eigenvalue weighted by Crippen LogP contribution is -2.68. The molecule has 490 valence electrons. The molecule has 0 saturated carbocycles. The average molecular weight is 1240 g/mol. The second-order valence-corrected chi connectivity index (χ2v) is 22.4. The van der Waals surface area contributed by atoms with Gasteiger partial charge in [0, 0.05) is 0 Å². The van der Waals surface area contributed by atoms with Gasteiger partial charge >= 0.3 is 0 Å². The predicted octanol–water partition coefficient (Wildman–Crippen LogP) is -13.4. The van der Waals surface area contributed by atoms with Crippen molar-refractivity contribution in [2.75, 3.05) is 66.9 Å². The van der Waals surface area contributed by atoms with Crippen LogP contribution >= 0.6 is 0 Å². The third-order valence-electron chi connectivity index (χ3n) is 16.2. The van der Waals surface area contributed by atoms with E-state index >= 15 is 0 Å². The molecule has 0 aromatic rings. The van der Waals surface area contributed by atoms with Crippen LogP contribution in [0.15, 0.2) is 0 Å². The van der Waals surface area contributed by atoms with Gasteiger partial charge in [-0.3, -0.25) is 0 Å². The lowest BCUT2D eigenvalue weighted by Gasteiger charge is -2.50. The van der Waals surface area contributed by atoms with Gasteiger partial charge in [-0.15, -0.1) is 0 Å². The molecule has 0 aliphatic carbocycles. The van der Waals surface area contributed by atoms with E-state index in [-0.39, 0.29) is 4.65 Å². The van der Waals surface area contributed by atoms with Crippen molar-refractivity contribution in [1.82, 2.24) is 0 Å². The Balaban J connectivity index is 1.10. The predicted molar refractivity (Wildman–Crippen MR) is 259 cm³/mol. The third kappa shape index (κ3) is 14.2. The highest BCUT2D eigenvalue weighted by molar-refractivity contribution is 5.02. The van der Waals surface area contributed by atoms with Gasteiger partial charge in [0.1, 0.15) is 184 Å². The number of aliphatic hydroxyl groups excluding tert-OH is 20. The van der Waals surface area contributed by atoms with Crippen molar-refractivity contribution in [3.63, 3.8) is 0 Å². The molecule has 21 rings (SSSR count). The number of rotatable bonds is 12. The zero-order valence-corrected chi connectivity index (χ0v) is 45.8. The van der Waals surface area contributed by atoms with Crippen molar-refractivity contribution < 1.29 is 178 Å². The number of quaternary nitrogens is 1. The number of hydrogen-bond donors (Lipinski definition) is 20. The number of unbranched alkanes of at least 4 members (excludes halogenated alkanes) is 1. The van der Waals surface area contributed by atoms with E-state index in [1.807, 2.05) is 6.92 Å². The fraction of sp³-hybridized carbons (Fsp3) is 1.00. The Morgan fingerprint density at radius 1 is 0.274 bits per heavy atom. The van der Waals surface area contributed by atoms with Gasteiger partial charge in [0.25, 0.3) is 0 Å². The second-order valence-electron chi connectivity index (χ2n) is 22.4. The van der Waals surface area contributed by atoms with Crippen LogP contribution in [0.25, 0.3) is 0 Å². The first kappa shape index (κ1) is 68.5. The first-order chi connectivity index (χ1) is 39.9. The molecule has 21 saturated heterocycles. The fourth-order valence-electron chi connectivity index (χ4n) is 11.3. The minimum Gasteiger partial charge on any atom is -0.394 e. The topological polar surface area (TPSA) is 543 Å². The van der Waals surface area contributed by atoms with Gasteiger partial charge in [-0.05, 0) is 6.42 Å². The maximum absolute atomic E-state index is 11.8. The summed E-state index contributed by atoms with van der Waals surface area (Å²) < 4.78 is 81.2. The van der Waals surface area contributed by atoms with E-state index in [4.69, 9.17) is 71.2 Å². The molecule has 21 aliphatic heterocycles. The zero-order chi connectivity index (χ0) is 61.4. The van der Waals surface area contributed by atoms with Gasteiger partial charge in [0.15, 0.2) is 44.0 Å². The highest BCUT2D eigenvalue weighted by Gasteiger charge is 2.60. The molecule has 0 unspecified atom stereocenters. The van der Waals surface area contributed by atoms with E-state index in [0.717, 1.165) is 6.42 Å². The van der Waals surface area contributed by atoms with E-state index in [2.05, 4.69) is 0 Å². The SMILES string of the molecule is CCCC[N+](C)(C)OC[C@@H]1O[C@@H]2O[C@H]3[C@H](O)[C@H](O)[C@@H](O[C@H]4[C@@H](O)[C@H](O)[C@@H](O[C@H]5[C@H](O)[C@@H](O)[C@@H](O[C@H]6[C@H](O)[C@@H](O)[C@@H](O[C@H]7[C@H](O)[C@@H](O)[C@@H](O[C@H]8[C@H](O)[C@@H](O)[C@@H](O[C@H]1[C@H](O)[C@H]2O)O[C@H]8CO)O[C@H]7CO)O[C@H]6CO)O[C@@H]5CO)O[C@@H]4CO)O[C@@H]3CO. The molecular formula is C48H84NO35+. The van der Waals surface area contributed by atoms with Crippen molar-refractivity contribution >= 4 is 0 Å². The maximum Gasteiger partial charge on any atom is 0.187 e. The van der Waals surface area contributed by atoms with Crippen molar-refractivity contribution in [2.45, 2.75) is 235 Å². The van der Waals surface area contributed by atoms with Gasteiger partial charge in [0.2, 0.25) is 0 Å². The highest BCUT2D eigenvalue weighted by Crippen LogP contribution is 2.39. The molecule has 35 atom stereocenters. The van der Waals surface area contributed by atoms with Gasteiger partial charge in [0.05, 0.1) is 53.7 Å².